The van der Waals surface area contributed by atoms with Crippen molar-refractivity contribution in [2.24, 2.45) is 5.16 Å². The Morgan fingerprint density at radius 3 is 2.71 bits per heavy atom. The van der Waals surface area contributed by atoms with Gasteiger partial charge in [-0.05, 0) is 0 Å². The van der Waals surface area contributed by atoms with Crippen LogP contribution in [0.25, 0.3) is 0 Å². The minimum atomic E-state index is -1.31. The summed E-state index contributed by atoms with van der Waals surface area (Å²) in [6.07, 6.45) is 0. The molecule has 2 atom stereocenters. The maximum atomic E-state index is 13.0. The number of thiazole rings is 1. The maximum absolute atomic E-state index is 13.0. The molecule has 13 nitrogen and oxygen atoms in total. The number of fused-ring (bicyclic) bond motifs is 1. The fourth-order valence-electron chi connectivity index (χ4n) is 3.05. The number of carbonyl (C=O) groups excluding carboxylic acids is 2. The molecule has 19 heteroatoms. The van der Waals surface area contributed by atoms with Crippen molar-refractivity contribution in [2.75, 3.05) is 30.5 Å². The van der Waals surface area contributed by atoms with Crippen molar-refractivity contribution in [3.8, 4) is 0 Å². The SMILES string of the molecule is Nc1nnc(SC2=C(C(=O)O)N3C(=O)[C@@H](NC(=O)C(=NOCCF)c4nc(N)sc4Cl)C3SC2)s1. The second kappa shape index (κ2) is 10.5. The normalized spacial score (nSPS) is 19.9. The lowest BCUT2D eigenvalue weighted by molar-refractivity contribution is -0.150. The Morgan fingerprint density at radius 1 is 1.34 bits per heavy atom. The number of carboxylic acids is 1. The minimum Gasteiger partial charge on any atom is -0.477 e. The van der Waals surface area contributed by atoms with Crippen LogP contribution < -0.4 is 16.8 Å². The number of aromatic nitrogens is 3. The molecule has 6 N–H and O–H groups in total. The number of halogens is 2. The number of nitrogens with two attached hydrogens (primary N) is 2. The molecule has 0 aromatic carbocycles. The lowest BCUT2D eigenvalue weighted by atomic mass is 10.0. The van der Waals surface area contributed by atoms with Gasteiger partial charge in [0.05, 0.1) is 0 Å². The Labute approximate surface area is 217 Å². The van der Waals surface area contributed by atoms with Crippen molar-refractivity contribution < 1.29 is 28.7 Å². The van der Waals surface area contributed by atoms with Crippen LogP contribution in [-0.4, -0.2) is 79.1 Å². The van der Waals surface area contributed by atoms with Crippen LogP contribution in [0.1, 0.15) is 5.69 Å². The Bertz CT molecular complexity index is 1250. The van der Waals surface area contributed by atoms with E-state index in [1.54, 1.807) is 0 Å². The summed E-state index contributed by atoms with van der Waals surface area (Å²) in [6.45, 7) is -1.27. The Kier molecular flexibility index (Phi) is 7.64. The van der Waals surface area contributed by atoms with Gasteiger partial charge in [0.1, 0.15) is 40.4 Å². The first kappa shape index (κ1) is 25.4. The molecular weight excluding hydrogens is 567 g/mol. The van der Waals surface area contributed by atoms with Gasteiger partial charge in [-0.1, -0.05) is 51.2 Å². The first-order chi connectivity index (χ1) is 16.7. The minimum absolute atomic E-state index is 0.0453. The molecule has 0 saturated carbocycles. The van der Waals surface area contributed by atoms with E-state index in [-0.39, 0.29) is 31.7 Å². The molecule has 2 aliphatic heterocycles. The van der Waals surface area contributed by atoms with Crippen LogP contribution in [0.5, 0.6) is 0 Å². The quantitative estimate of drug-likeness (QED) is 0.142. The van der Waals surface area contributed by atoms with Crippen molar-refractivity contribution in [3.63, 3.8) is 0 Å². The summed E-state index contributed by atoms with van der Waals surface area (Å²) in [6, 6.07) is -1.06. The number of nitrogen functional groups attached to an aromatic ring is 2. The first-order valence-electron chi connectivity index (χ1n) is 9.38. The fraction of sp³-hybridized carbons (Fsp3) is 0.312. The van der Waals surface area contributed by atoms with Crippen molar-refractivity contribution in [2.45, 2.75) is 15.8 Å². The number of nitrogens with one attached hydrogen (secondary N) is 1. The van der Waals surface area contributed by atoms with Gasteiger partial charge in [-0.2, -0.15) is 0 Å². The number of β-lactam (4-membered cyclic amide) rings is 1. The van der Waals surface area contributed by atoms with Gasteiger partial charge in [0.25, 0.3) is 11.8 Å². The summed E-state index contributed by atoms with van der Waals surface area (Å²) in [7, 11) is 0. The zero-order chi connectivity index (χ0) is 25.3. The number of nitrogens with zero attached hydrogens (tertiary/aromatic N) is 5. The average molecular weight is 581 g/mol. The van der Waals surface area contributed by atoms with Gasteiger partial charge in [0.15, 0.2) is 15.2 Å². The largest absolute Gasteiger partial charge is 0.477 e. The third-order valence-corrected chi connectivity index (χ3v) is 8.85. The molecule has 4 rings (SSSR count). The van der Waals surface area contributed by atoms with Crippen LogP contribution in [0, 0.1) is 0 Å². The molecule has 2 aromatic heterocycles. The van der Waals surface area contributed by atoms with Crippen LogP contribution in [0.4, 0.5) is 14.7 Å². The predicted octanol–water partition coefficient (Wildman–Crippen LogP) is 0.991. The average Bonchev–Trinajstić information content (AvgIpc) is 3.37. The number of carbonyl (C=O) groups is 3. The van der Waals surface area contributed by atoms with E-state index in [0.29, 0.717) is 9.24 Å². The monoisotopic (exact) mass is 580 g/mol. The number of oxime groups is 1. The van der Waals surface area contributed by atoms with E-state index in [9.17, 15) is 23.9 Å². The van der Waals surface area contributed by atoms with Crippen LogP contribution in [0.2, 0.25) is 4.34 Å². The molecule has 0 bridgehead atoms. The first-order valence-corrected chi connectivity index (χ1v) is 13.3. The van der Waals surface area contributed by atoms with Crippen LogP contribution in [0.3, 0.4) is 0 Å². The van der Waals surface area contributed by atoms with Gasteiger partial charge in [0.2, 0.25) is 5.13 Å². The summed E-state index contributed by atoms with van der Waals surface area (Å²) in [4.78, 5) is 48.1. The summed E-state index contributed by atoms with van der Waals surface area (Å²) < 4.78 is 12.9. The van der Waals surface area contributed by atoms with Crippen molar-refractivity contribution in [1.82, 2.24) is 25.4 Å². The number of carboxylic acid groups (broad SMARTS) is 1. The molecule has 0 spiro atoms. The highest BCUT2D eigenvalue weighted by Crippen LogP contribution is 2.45. The van der Waals surface area contributed by atoms with E-state index in [2.05, 4.69) is 25.7 Å². The van der Waals surface area contributed by atoms with Gasteiger partial charge in [0, 0.05) is 10.7 Å². The lowest BCUT2D eigenvalue weighted by Crippen LogP contribution is -2.71. The Balaban J connectivity index is 1.54. The van der Waals surface area contributed by atoms with Gasteiger partial charge < -0.3 is 26.7 Å². The number of hydrogen-bond acceptors (Lipinski definition) is 14. The van der Waals surface area contributed by atoms with Crippen LogP contribution in [0.15, 0.2) is 20.1 Å². The highest BCUT2D eigenvalue weighted by atomic mass is 35.5. The smallest absolute Gasteiger partial charge is 0.353 e. The molecule has 1 unspecified atom stereocenters. The second-order valence-corrected chi connectivity index (χ2v) is 11.7. The molecular formula is C16H14ClFN8O5S4. The Morgan fingerprint density at radius 2 is 2.11 bits per heavy atom. The zero-order valence-corrected chi connectivity index (χ0v) is 21.2. The molecule has 2 aromatic rings. The maximum Gasteiger partial charge on any atom is 0.353 e. The van der Waals surface area contributed by atoms with Gasteiger partial charge in [-0.3, -0.25) is 14.5 Å². The number of aliphatic carboxylic acids is 1. The Hall–Kier alpha value is -2.67. The van der Waals surface area contributed by atoms with Gasteiger partial charge >= 0.3 is 5.97 Å². The summed E-state index contributed by atoms with van der Waals surface area (Å²) in [5, 5.41) is 23.0. The third kappa shape index (κ3) is 5.15. The molecule has 4 heterocycles. The number of rotatable bonds is 9. The number of amides is 2. The second-order valence-electron chi connectivity index (χ2n) is 6.58. The highest BCUT2D eigenvalue weighted by Gasteiger charge is 2.54. The zero-order valence-electron chi connectivity index (χ0n) is 17.1. The lowest BCUT2D eigenvalue weighted by Gasteiger charge is -2.49. The van der Waals surface area contributed by atoms with E-state index in [4.69, 9.17) is 27.9 Å². The topological polar surface area (TPSA) is 199 Å². The molecule has 186 valence electrons. The van der Waals surface area contributed by atoms with Gasteiger partial charge in [-0.25, -0.2) is 14.2 Å². The van der Waals surface area contributed by atoms with E-state index < -0.39 is 48.2 Å². The van der Waals surface area contributed by atoms with Crippen molar-refractivity contribution >= 4 is 91.6 Å². The van der Waals surface area contributed by atoms with E-state index in [1.165, 1.54) is 11.8 Å². The molecule has 0 radical (unpaired) electrons. The molecule has 2 amide bonds. The number of thioether (sulfide) groups is 2. The number of alkyl halides is 1. The van der Waals surface area contributed by atoms with Crippen LogP contribution in [-0.2, 0) is 19.2 Å². The third-order valence-electron chi connectivity index (χ3n) is 4.42. The predicted molar refractivity (Wildman–Crippen MR) is 130 cm³/mol. The number of hydrogen-bond donors (Lipinski definition) is 4. The summed E-state index contributed by atoms with van der Waals surface area (Å²) in [5.74, 6) is -2.59. The van der Waals surface area contributed by atoms with Crippen molar-refractivity contribution in [3.05, 3.63) is 20.6 Å². The summed E-state index contributed by atoms with van der Waals surface area (Å²) in [5.41, 5.74) is 10.5. The highest BCUT2D eigenvalue weighted by molar-refractivity contribution is 8.07. The van der Waals surface area contributed by atoms with Gasteiger partial charge in [-0.15, -0.1) is 22.0 Å². The fourth-order valence-corrected chi connectivity index (χ4v) is 7.25. The van der Waals surface area contributed by atoms with Crippen LogP contribution >= 0.6 is 57.8 Å². The molecule has 35 heavy (non-hydrogen) atoms. The van der Waals surface area contributed by atoms with E-state index in [1.807, 2.05) is 0 Å². The van der Waals surface area contributed by atoms with E-state index >= 15 is 0 Å². The number of anilines is 2. The van der Waals surface area contributed by atoms with Crippen molar-refractivity contribution in [1.29, 1.82) is 0 Å². The molecule has 2 aliphatic rings. The standard InChI is InChI=1S/C16H14ClFN8O5S4/c17-9-5(22-14(19)34-9)6(25-31-2-1-18)10(27)21-7-11(28)26-8(13(29)30)4(3-32-12(7)26)33-16-24-23-15(20)35-16/h7,12H,1-3H2,(H2,19,22)(H2,20,23)(H,21,27)(H,29,30)/t7-,12?/m1/s1. The molecule has 0 aliphatic carbocycles. The molecule has 1 fully saturated rings. The van der Waals surface area contributed by atoms with E-state index in [0.717, 1.165) is 39.3 Å². The summed E-state index contributed by atoms with van der Waals surface area (Å²) >= 11 is 10.4. The molecule has 1 saturated heterocycles.